The van der Waals surface area contributed by atoms with Gasteiger partial charge in [-0.1, -0.05) is 20.3 Å². The van der Waals surface area contributed by atoms with Crippen LogP contribution in [-0.2, 0) is 14.3 Å². The van der Waals surface area contributed by atoms with Gasteiger partial charge in [-0.25, -0.2) is 9.59 Å². The summed E-state index contributed by atoms with van der Waals surface area (Å²) in [6, 6.07) is 4.29. The van der Waals surface area contributed by atoms with Crippen LogP contribution >= 0.6 is 0 Å². The summed E-state index contributed by atoms with van der Waals surface area (Å²) < 4.78 is 9.33. The van der Waals surface area contributed by atoms with E-state index in [-0.39, 0.29) is 28.6 Å². The number of carbonyl (C=O) groups is 3. The molecule has 1 atom stereocenters. The third-order valence-electron chi connectivity index (χ3n) is 3.27. The molecular formula is C16H21NO5. The SMILES string of the molecule is CCCC(C)C(=O)Nc1cc(C(=O)OC)ccc1C(=O)OC. The summed E-state index contributed by atoms with van der Waals surface area (Å²) in [6.45, 7) is 3.79. The average Bonchev–Trinajstić information content (AvgIpc) is 2.53. The van der Waals surface area contributed by atoms with Crippen LogP contribution in [0.5, 0.6) is 0 Å². The van der Waals surface area contributed by atoms with E-state index in [0.717, 1.165) is 12.8 Å². The standard InChI is InChI=1S/C16H21NO5/c1-5-6-10(2)14(18)17-13-9-11(15(19)21-3)7-8-12(13)16(20)22-4/h7-10H,5-6H2,1-4H3,(H,17,18). The topological polar surface area (TPSA) is 81.7 Å². The number of methoxy groups -OCH3 is 2. The lowest BCUT2D eigenvalue weighted by atomic mass is 10.0. The molecule has 6 nitrogen and oxygen atoms in total. The highest BCUT2D eigenvalue weighted by Gasteiger charge is 2.19. The van der Waals surface area contributed by atoms with Crippen LogP contribution in [0.2, 0.25) is 0 Å². The van der Waals surface area contributed by atoms with Gasteiger partial charge in [0.25, 0.3) is 0 Å². The first-order chi connectivity index (χ1) is 10.4. The van der Waals surface area contributed by atoms with Crippen molar-refractivity contribution in [3.05, 3.63) is 29.3 Å². The smallest absolute Gasteiger partial charge is 0.339 e. The molecule has 0 saturated heterocycles. The molecule has 120 valence electrons. The van der Waals surface area contributed by atoms with Crippen molar-refractivity contribution in [1.29, 1.82) is 0 Å². The Morgan fingerprint density at radius 2 is 1.77 bits per heavy atom. The first kappa shape index (κ1) is 17.7. The van der Waals surface area contributed by atoms with Crippen molar-refractivity contribution in [2.75, 3.05) is 19.5 Å². The van der Waals surface area contributed by atoms with Gasteiger partial charge in [-0.2, -0.15) is 0 Å². The molecule has 6 heteroatoms. The Bertz CT molecular complexity index is 568. The Kier molecular flexibility index (Phi) is 6.56. The molecule has 1 N–H and O–H groups in total. The van der Waals surface area contributed by atoms with Crippen LogP contribution in [0.1, 0.15) is 47.4 Å². The van der Waals surface area contributed by atoms with Crippen molar-refractivity contribution >= 4 is 23.5 Å². The summed E-state index contributed by atoms with van der Waals surface area (Å²) in [4.78, 5) is 35.5. The number of nitrogens with one attached hydrogen (secondary N) is 1. The summed E-state index contributed by atoms with van der Waals surface area (Å²) in [6.07, 6.45) is 1.61. The summed E-state index contributed by atoms with van der Waals surface area (Å²) in [5, 5.41) is 2.68. The molecule has 0 fully saturated rings. The van der Waals surface area contributed by atoms with Crippen molar-refractivity contribution in [2.45, 2.75) is 26.7 Å². The third-order valence-corrected chi connectivity index (χ3v) is 3.27. The van der Waals surface area contributed by atoms with Crippen LogP contribution in [0, 0.1) is 5.92 Å². The molecule has 0 aliphatic carbocycles. The minimum atomic E-state index is -0.588. The van der Waals surface area contributed by atoms with Gasteiger partial charge in [-0.3, -0.25) is 4.79 Å². The molecule has 0 bridgehead atoms. The molecule has 1 amide bonds. The fourth-order valence-corrected chi connectivity index (χ4v) is 2.00. The van der Waals surface area contributed by atoms with E-state index in [2.05, 4.69) is 14.8 Å². The largest absolute Gasteiger partial charge is 0.465 e. The number of esters is 2. The second-order valence-corrected chi connectivity index (χ2v) is 4.92. The number of ether oxygens (including phenoxy) is 2. The molecule has 1 unspecified atom stereocenters. The quantitative estimate of drug-likeness (QED) is 0.817. The van der Waals surface area contributed by atoms with Gasteiger partial charge in [0.15, 0.2) is 0 Å². The minimum absolute atomic E-state index is 0.187. The summed E-state index contributed by atoms with van der Waals surface area (Å²) in [5.41, 5.74) is 0.670. The van der Waals surface area contributed by atoms with E-state index in [1.807, 2.05) is 6.92 Å². The van der Waals surface area contributed by atoms with E-state index < -0.39 is 11.9 Å². The van der Waals surface area contributed by atoms with E-state index in [4.69, 9.17) is 0 Å². The molecule has 0 radical (unpaired) electrons. The van der Waals surface area contributed by atoms with Crippen molar-refractivity contribution in [3.63, 3.8) is 0 Å². The molecule has 1 aromatic rings. The fourth-order valence-electron chi connectivity index (χ4n) is 2.00. The zero-order chi connectivity index (χ0) is 16.7. The average molecular weight is 307 g/mol. The van der Waals surface area contributed by atoms with Gasteiger partial charge >= 0.3 is 11.9 Å². The van der Waals surface area contributed by atoms with Gasteiger partial charge in [-0.15, -0.1) is 0 Å². The van der Waals surface area contributed by atoms with Gasteiger partial charge in [0.1, 0.15) is 0 Å². The van der Waals surface area contributed by atoms with E-state index in [1.165, 1.54) is 32.4 Å². The van der Waals surface area contributed by atoms with Crippen LogP contribution < -0.4 is 5.32 Å². The molecule has 0 spiro atoms. The van der Waals surface area contributed by atoms with Crippen LogP contribution in [0.4, 0.5) is 5.69 Å². The Labute approximate surface area is 129 Å². The molecule has 0 saturated carbocycles. The highest BCUT2D eigenvalue weighted by atomic mass is 16.5. The molecule has 1 aromatic carbocycles. The van der Waals surface area contributed by atoms with Gasteiger partial charge < -0.3 is 14.8 Å². The lowest BCUT2D eigenvalue weighted by Gasteiger charge is -2.14. The summed E-state index contributed by atoms with van der Waals surface area (Å²) >= 11 is 0. The number of carbonyl (C=O) groups excluding carboxylic acids is 3. The first-order valence-corrected chi connectivity index (χ1v) is 7.06. The fraction of sp³-hybridized carbons (Fsp3) is 0.438. The maximum Gasteiger partial charge on any atom is 0.339 e. The lowest BCUT2D eigenvalue weighted by Crippen LogP contribution is -2.22. The van der Waals surface area contributed by atoms with E-state index in [9.17, 15) is 14.4 Å². The van der Waals surface area contributed by atoms with Crippen molar-refractivity contribution in [3.8, 4) is 0 Å². The normalized spacial score (nSPS) is 11.5. The molecular weight excluding hydrogens is 286 g/mol. The maximum absolute atomic E-state index is 12.1. The van der Waals surface area contributed by atoms with E-state index in [0.29, 0.717) is 0 Å². The van der Waals surface area contributed by atoms with Gasteiger partial charge in [0.2, 0.25) is 5.91 Å². The Hall–Kier alpha value is -2.37. The Morgan fingerprint density at radius 3 is 2.32 bits per heavy atom. The second-order valence-electron chi connectivity index (χ2n) is 4.92. The number of hydrogen-bond acceptors (Lipinski definition) is 5. The van der Waals surface area contributed by atoms with Crippen LogP contribution in [0.25, 0.3) is 0 Å². The van der Waals surface area contributed by atoms with E-state index >= 15 is 0 Å². The molecule has 0 heterocycles. The lowest BCUT2D eigenvalue weighted by molar-refractivity contribution is -0.119. The molecule has 0 aliphatic rings. The van der Waals surface area contributed by atoms with Crippen molar-refractivity contribution in [1.82, 2.24) is 0 Å². The molecule has 0 aromatic heterocycles. The monoisotopic (exact) mass is 307 g/mol. The molecule has 1 rings (SSSR count). The molecule has 22 heavy (non-hydrogen) atoms. The highest BCUT2D eigenvalue weighted by Crippen LogP contribution is 2.21. The summed E-state index contributed by atoms with van der Waals surface area (Å²) in [5.74, 6) is -1.55. The van der Waals surface area contributed by atoms with Crippen LogP contribution in [0.15, 0.2) is 18.2 Å². The predicted molar refractivity (Wildman–Crippen MR) is 81.8 cm³/mol. The predicted octanol–water partition coefficient (Wildman–Crippen LogP) is 2.63. The maximum atomic E-state index is 12.1. The zero-order valence-electron chi connectivity index (χ0n) is 13.3. The highest BCUT2D eigenvalue weighted by molar-refractivity contribution is 6.03. The first-order valence-electron chi connectivity index (χ1n) is 7.06. The van der Waals surface area contributed by atoms with Gasteiger partial charge in [-0.05, 0) is 24.6 Å². The number of rotatable bonds is 6. The van der Waals surface area contributed by atoms with Crippen LogP contribution in [0.3, 0.4) is 0 Å². The zero-order valence-corrected chi connectivity index (χ0v) is 13.3. The molecule has 0 aliphatic heterocycles. The number of hydrogen-bond donors (Lipinski definition) is 1. The van der Waals surface area contributed by atoms with E-state index in [1.54, 1.807) is 6.92 Å². The number of benzene rings is 1. The van der Waals surface area contributed by atoms with Crippen molar-refractivity contribution < 1.29 is 23.9 Å². The Balaban J connectivity index is 3.14. The third kappa shape index (κ3) is 4.31. The minimum Gasteiger partial charge on any atom is -0.465 e. The van der Waals surface area contributed by atoms with Crippen molar-refractivity contribution in [2.24, 2.45) is 5.92 Å². The second kappa shape index (κ2) is 8.17. The Morgan fingerprint density at radius 1 is 1.14 bits per heavy atom. The van der Waals surface area contributed by atoms with Gasteiger partial charge in [0.05, 0.1) is 31.0 Å². The van der Waals surface area contributed by atoms with Crippen LogP contribution in [-0.4, -0.2) is 32.1 Å². The van der Waals surface area contributed by atoms with Gasteiger partial charge in [0, 0.05) is 5.92 Å². The number of anilines is 1. The number of amides is 1. The summed E-state index contributed by atoms with van der Waals surface area (Å²) in [7, 11) is 2.51.